The third-order valence-corrected chi connectivity index (χ3v) is 3.09. The van der Waals surface area contributed by atoms with E-state index < -0.39 is 0 Å². The van der Waals surface area contributed by atoms with Crippen LogP contribution in [0.15, 0.2) is 48.5 Å². The number of amides is 1. The second-order valence-electron chi connectivity index (χ2n) is 4.02. The molecule has 0 aromatic heterocycles. The minimum Gasteiger partial charge on any atom is -0.505 e. The first-order valence-electron chi connectivity index (χ1n) is 5.78. The van der Waals surface area contributed by atoms with Gasteiger partial charge in [-0.05, 0) is 23.8 Å². The molecule has 0 bridgehead atoms. The number of phenols is 1. The number of carbonyl (C=O) groups is 1. The molecule has 0 unspecified atom stereocenters. The topological polar surface area (TPSA) is 49.3 Å². The lowest BCUT2D eigenvalue weighted by Crippen LogP contribution is -2.07. The van der Waals surface area contributed by atoms with E-state index in [1.54, 1.807) is 6.08 Å². The molecule has 0 saturated heterocycles. The molecule has 0 spiro atoms. The van der Waals surface area contributed by atoms with E-state index in [0.717, 1.165) is 5.56 Å². The second-order valence-corrected chi connectivity index (χ2v) is 4.84. The maximum absolute atomic E-state index is 11.7. The Hall–Kier alpha value is -1.97. The van der Waals surface area contributed by atoms with Gasteiger partial charge in [0.1, 0.15) is 0 Å². The number of benzene rings is 2. The zero-order valence-corrected chi connectivity index (χ0v) is 11.8. The first-order valence-corrected chi connectivity index (χ1v) is 6.54. The molecular weight excluding hydrogens is 297 g/mol. The summed E-state index contributed by atoms with van der Waals surface area (Å²) in [5.74, 6) is -0.516. The van der Waals surface area contributed by atoms with Crippen LogP contribution in [0.1, 0.15) is 5.56 Å². The molecule has 102 valence electrons. The Bertz CT molecular complexity index is 631. The first kappa shape index (κ1) is 14.4. The Morgan fingerprint density at radius 2 is 1.70 bits per heavy atom. The van der Waals surface area contributed by atoms with E-state index in [0.29, 0.717) is 5.69 Å². The zero-order valence-electron chi connectivity index (χ0n) is 10.3. The smallest absolute Gasteiger partial charge is 0.248 e. The number of hydrogen-bond acceptors (Lipinski definition) is 2. The lowest BCUT2D eigenvalue weighted by Gasteiger charge is -2.05. The Morgan fingerprint density at radius 3 is 2.30 bits per heavy atom. The average Bonchev–Trinajstić information content (AvgIpc) is 2.43. The lowest BCUT2D eigenvalue weighted by molar-refractivity contribution is -0.111. The molecule has 2 aromatic carbocycles. The third kappa shape index (κ3) is 3.76. The predicted octanol–water partition coefficient (Wildman–Crippen LogP) is 4.35. The van der Waals surface area contributed by atoms with Crippen LogP contribution < -0.4 is 5.32 Å². The Balaban J connectivity index is 2.07. The second kappa shape index (κ2) is 6.46. The lowest BCUT2D eigenvalue weighted by atomic mass is 10.2. The fraction of sp³-hybridized carbons (Fsp3) is 0. The van der Waals surface area contributed by atoms with Gasteiger partial charge in [-0.1, -0.05) is 53.5 Å². The van der Waals surface area contributed by atoms with Crippen LogP contribution in [0.2, 0.25) is 10.0 Å². The van der Waals surface area contributed by atoms with Crippen LogP contribution in [-0.2, 0) is 4.79 Å². The van der Waals surface area contributed by atoms with Crippen molar-refractivity contribution in [3.63, 3.8) is 0 Å². The molecule has 0 saturated carbocycles. The molecule has 2 rings (SSSR count). The summed E-state index contributed by atoms with van der Waals surface area (Å²) >= 11 is 11.5. The van der Waals surface area contributed by atoms with Gasteiger partial charge in [0.25, 0.3) is 0 Å². The average molecular weight is 308 g/mol. The molecule has 0 fully saturated rings. The number of aromatic hydroxyl groups is 1. The number of carbonyl (C=O) groups excluding carboxylic acids is 1. The normalized spacial score (nSPS) is 10.7. The van der Waals surface area contributed by atoms with Gasteiger partial charge in [-0.25, -0.2) is 0 Å². The monoisotopic (exact) mass is 307 g/mol. The van der Waals surface area contributed by atoms with Crippen LogP contribution in [-0.4, -0.2) is 11.0 Å². The first-order chi connectivity index (χ1) is 9.56. The molecule has 0 aliphatic carbocycles. The van der Waals surface area contributed by atoms with E-state index in [1.807, 2.05) is 30.3 Å². The molecule has 1 amide bonds. The van der Waals surface area contributed by atoms with Crippen molar-refractivity contribution in [1.82, 2.24) is 0 Å². The minimum atomic E-state index is -0.313. The van der Waals surface area contributed by atoms with Crippen molar-refractivity contribution in [2.24, 2.45) is 0 Å². The highest BCUT2D eigenvalue weighted by Gasteiger charge is 2.07. The summed E-state index contributed by atoms with van der Waals surface area (Å²) in [7, 11) is 0. The maximum Gasteiger partial charge on any atom is 0.248 e. The SMILES string of the molecule is O=C(C=Cc1ccccc1)Nc1cc(Cl)c(O)c(Cl)c1. The van der Waals surface area contributed by atoms with Crippen LogP contribution in [0.3, 0.4) is 0 Å². The number of hydrogen-bond donors (Lipinski definition) is 2. The van der Waals surface area contributed by atoms with Gasteiger partial charge in [-0.3, -0.25) is 4.79 Å². The van der Waals surface area contributed by atoms with Crippen LogP contribution in [0, 0.1) is 0 Å². The number of anilines is 1. The number of nitrogens with one attached hydrogen (secondary N) is 1. The predicted molar refractivity (Wildman–Crippen MR) is 82.2 cm³/mol. The van der Waals surface area contributed by atoms with Crippen LogP contribution in [0.5, 0.6) is 5.75 Å². The van der Waals surface area contributed by atoms with Crippen molar-refractivity contribution in [2.45, 2.75) is 0 Å². The third-order valence-electron chi connectivity index (χ3n) is 2.51. The zero-order chi connectivity index (χ0) is 14.5. The summed E-state index contributed by atoms with van der Waals surface area (Å²) in [5.41, 5.74) is 1.34. The maximum atomic E-state index is 11.7. The minimum absolute atomic E-state index is 0.0832. The van der Waals surface area contributed by atoms with E-state index in [1.165, 1.54) is 18.2 Å². The summed E-state index contributed by atoms with van der Waals surface area (Å²) in [6.07, 6.45) is 3.10. The van der Waals surface area contributed by atoms with E-state index in [4.69, 9.17) is 23.2 Å². The summed E-state index contributed by atoms with van der Waals surface area (Å²) in [6, 6.07) is 12.3. The van der Waals surface area contributed by atoms with E-state index in [9.17, 15) is 9.90 Å². The molecule has 0 heterocycles. The van der Waals surface area contributed by atoms with Gasteiger partial charge in [0.2, 0.25) is 5.91 Å². The molecule has 0 aliphatic rings. The van der Waals surface area contributed by atoms with E-state index >= 15 is 0 Å². The molecule has 0 radical (unpaired) electrons. The summed E-state index contributed by atoms with van der Waals surface area (Å²) < 4.78 is 0. The Kier molecular flexibility index (Phi) is 4.66. The highest BCUT2D eigenvalue weighted by molar-refractivity contribution is 6.37. The highest BCUT2D eigenvalue weighted by Crippen LogP contribution is 2.34. The largest absolute Gasteiger partial charge is 0.505 e. The highest BCUT2D eigenvalue weighted by atomic mass is 35.5. The standard InChI is InChI=1S/C15H11Cl2NO2/c16-12-8-11(9-13(17)15(12)20)18-14(19)7-6-10-4-2-1-3-5-10/h1-9,20H,(H,18,19). The van der Waals surface area contributed by atoms with Crippen LogP contribution in [0.4, 0.5) is 5.69 Å². The van der Waals surface area contributed by atoms with Gasteiger partial charge >= 0.3 is 0 Å². The molecule has 2 aromatic rings. The van der Waals surface area contributed by atoms with Gasteiger partial charge in [0, 0.05) is 11.8 Å². The molecule has 20 heavy (non-hydrogen) atoms. The van der Waals surface area contributed by atoms with E-state index in [2.05, 4.69) is 5.32 Å². The van der Waals surface area contributed by atoms with Gasteiger partial charge in [-0.2, -0.15) is 0 Å². The summed E-state index contributed by atoms with van der Waals surface area (Å²) in [5, 5.41) is 12.2. The van der Waals surface area contributed by atoms with Gasteiger partial charge in [0.15, 0.2) is 5.75 Å². The fourth-order valence-electron chi connectivity index (χ4n) is 1.56. The van der Waals surface area contributed by atoms with Crippen molar-refractivity contribution >= 4 is 40.9 Å². The van der Waals surface area contributed by atoms with Crippen molar-refractivity contribution in [1.29, 1.82) is 0 Å². The summed E-state index contributed by atoms with van der Waals surface area (Å²) in [6.45, 7) is 0. The van der Waals surface area contributed by atoms with Gasteiger partial charge in [0.05, 0.1) is 10.0 Å². The molecule has 5 heteroatoms. The van der Waals surface area contributed by atoms with Gasteiger partial charge in [-0.15, -0.1) is 0 Å². The number of halogens is 2. The van der Waals surface area contributed by atoms with E-state index in [-0.39, 0.29) is 21.7 Å². The number of phenolic OH excluding ortho intramolecular Hbond substituents is 1. The molecule has 3 nitrogen and oxygen atoms in total. The molecule has 2 N–H and O–H groups in total. The fourth-order valence-corrected chi connectivity index (χ4v) is 2.04. The summed E-state index contributed by atoms with van der Waals surface area (Å²) in [4.78, 5) is 11.7. The quantitative estimate of drug-likeness (QED) is 0.654. The Labute approximate surface area is 126 Å². The van der Waals surface area contributed by atoms with Crippen LogP contribution >= 0.6 is 23.2 Å². The number of rotatable bonds is 3. The van der Waals surface area contributed by atoms with Crippen molar-refractivity contribution in [3.05, 3.63) is 64.1 Å². The van der Waals surface area contributed by atoms with Crippen molar-refractivity contribution in [2.75, 3.05) is 5.32 Å². The van der Waals surface area contributed by atoms with Gasteiger partial charge < -0.3 is 10.4 Å². The van der Waals surface area contributed by atoms with Crippen LogP contribution in [0.25, 0.3) is 6.08 Å². The molecule has 0 aliphatic heterocycles. The van der Waals surface area contributed by atoms with Crippen molar-refractivity contribution in [3.8, 4) is 5.75 Å². The molecular formula is C15H11Cl2NO2. The Morgan fingerprint density at radius 1 is 1.10 bits per heavy atom. The molecule has 0 atom stereocenters. The van der Waals surface area contributed by atoms with Crippen molar-refractivity contribution < 1.29 is 9.90 Å².